The summed E-state index contributed by atoms with van der Waals surface area (Å²) in [6.45, 7) is 6.31. The van der Waals surface area contributed by atoms with Crippen LogP contribution in [0.3, 0.4) is 0 Å². The lowest BCUT2D eigenvalue weighted by molar-refractivity contribution is -0.122. The van der Waals surface area contributed by atoms with E-state index in [1.807, 2.05) is 6.92 Å². The van der Waals surface area contributed by atoms with Crippen molar-refractivity contribution in [1.82, 2.24) is 0 Å². The van der Waals surface area contributed by atoms with E-state index in [1.54, 1.807) is 0 Å². The summed E-state index contributed by atoms with van der Waals surface area (Å²) in [5, 5.41) is 0. The standard InChI is InChI=1S/C12H24O/c1-4-7-8-9-10-11(5-2)12(13)6-3/h11H,4-10H2,1-3H3. The van der Waals surface area contributed by atoms with Gasteiger partial charge in [-0.15, -0.1) is 0 Å². The number of hydrogen-bond donors (Lipinski definition) is 0. The van der Waals surface area contributed by atoms with Crippen molar-refractivity contribution in [3.05, 3.63) is 0 Å². The summed E-state index contributed by atoms with van der Waals surface area (Å²) in [6, 6.07) is 0. The second-order valence-corrected chi connectivity index (χ2v) is 3.77. The topological polar surface area (TPSA) is 17.1 Å². The Labute approximate surface area is 82.9 Å². The van der Waals surface area contributed by atoms with E-state index >= 15 is 0 Å². The van der Waals surface area contributed by atoms with Crippen LogP contribution in [0.4, 0.5) is 0 Å². The molecule has 0 aromatic rings. The first-order chi connectivity index (χ1) is 6.26. The van der Waals surface area contributed by atoms with Gasteiger partial charge in [0.2, 0.25) is 0 Å². The van der Waals surface area contributed by atoms with Gasteiger partial charge in [-0.3, -0.25) is 4.79 Å². The number of carbonyl (C=O) groups is 1. The van der Waals surface area contributed by atoms with Crippen molar-refractivity contribution in [1.29, 1.82) is 0 Å². The van der Waals surface area contributed by atoms with Crippen molar-refractivity contribution in [2.75, 3.05) is 0 Å². The molecule has 0 aliphatic carbocycles. The minimum absolute atomic E-state index is 0.349. The highest BCUT2D eigenvalue weighted by atomic mass is 16.1. The molecule has 13 heavy (non-hydrogen) atoms. The highest BCUT2D eigenvalue weighted by molar-refractivity contribution is 5.80. The molecule has 1 atom stereocenters. The Morgan fingerprint density at radius 2 is 1.77 bits per heavy atom. The van der Waals surface area contributed by atoms with Crippen molar-refractivity contribution in [3.63, 3.8) is 0 Å². The fourth-order valence-electron chi connectivity index (χ4n) is 1.70. The van der Waals surface area contributed by atoms with Crippen LogP contribution in [0, 0.1) is 5.92 Å². The zero-order chi connectivity index (χ0) is 10.1. The van der Waals surface area contributed by atoms with Crippen LogP contribution in [0.25, 0.3) is 0 Å². The summed E-state index contributed by atoms with van der Waals surface area (Å²) in [6.07, 6.45) is 7.98. The van der Waals surface area contributed by atoms with Crippen LogP contribution in [-0.2, 0) is 4.79 Å². The minimum atomic E-state index is 0.349. The number of hydrogen-bond acceptors (Lipinski definition) is 1. The van der Waals surface area contributed by atoms with Crippen LogP contribution in [0.15, 0.2) is 0 Å². The fraction of sp³-hybridized carbons (Fsp3) is 0.917. The molecule has 0 aliphatic rings. The molecule has 0 aromatic carbocycles. The molecule has 0 rings (SSSR count). The molecule has 0 N–H and O–H groups in total. The predicted octanol–water partition coefficient (Wildman–Crippen LogP) is 3.96. The third-order valence-corrected chi connectivity index (χ3v) is 2.70. The summed E-state index contributed by atoms with van der Waals surface area (Å²) >= 11 is 0. The lowest BCUT2D eigenvalue weighted by Gasteiger charge is -2.11. The van der Waals surface area contributed by atoms with Crippen molar-refractivity contribution < 1.29 is 4.79 Å². The van der Waals surface area contributed by atoms with Gasteiger partial charge in [0, 0.05) is 12.3 Å². The Morgan fingerprint density at radius 1 is 1.08 bits per heavy atom. The van der Waals surface area contributed by atoms with E-state index in [2.05, 4.69) is 13.8 Å². The van der Waals surface area contributed by atoms with E-state index in [9.17, 15) is 4.79 Å². The van der Waals surface area contributed by atoms with Crippen LogP contribution in [0.1, 0.15) is 65.7 Å². The molecule has 0 aromatic heterocycles. The van der Waals surface area contributed by atoms with Crippen molar-refractivity contribution in [3.8, 4) is 0 Å². The Balaban J connectivity index is 3.53. The zero-order valence-corrected chi connectivity index (χ0v) is 9.44. The molecular weight excluding hydrogens is 160 g/mol. The van der Waals surface area contributed by atoms with Gasteiger partial charge in [0.1, 0.15) is 5.78 Å². The molecule has 0 fully saturated rings. The Morgan fingerprint density at radius 3 is 2.23 bits per heavy atom. The molecule has 1 heteroatoms. The highest BCUT2D eigenvalue weighted by Gasteiger charge is 2.12. The van der Waals surface area contributed by atoms with Crippen molar-refractivity contribution >= 4 is 5.78 Å². The first-order valence-electron chi connectivity index (χ1n) is 5.78. The van der Waals surface area contributed by atoms with Gasteiger partial charge in [0.15, 0.2) is 0 Å². The van der Waals surface area contributed by atoms with Gasteiger partial charge >= 0.3 is 0 Å². The molecule has 0 saturated carbocycles. The first-order valence-corrected chi connectivity index (χ1v) is 5.78. The quantitative estimate of drug-likeness (QED) is 0.522. The predicted molar refractivity (Wildman–Crippen MR) is 57.8 cm³/mol. The Kier molecular flexibility index (Phi) is 8.07. The molecule has 0 bridgehead atoms. The van der Waals surface area contributed by atoms with Gasteiger partial charge in [-0.05, 0) is 12.8 Å². The van der Waals surface area contributed by atoms with Crippen LogP contribution >= 0.6 is 0 Å². The Bertz CT molecular complexity index is 129. The average molecular weight is 184 g/mol. The van der Waals surface area contributed by atoms with Crippen LogP contribution in [-0.4, -0.2) is 5.78 Å². The first kappa shape index (κ1) is 12.7. The number of unbranched alkanes of at least 4 members (excludes halogenated alkanes) is 3. The summed E-state index contributed by atoms with van der Waals surface area (Å²) in [4.78, 5) is 11.4. The largest absolute Gasteiger partial charge is 0.299 e. The molecule has 1 unspecified atom stereocenters. The maximum atomic E-state index is 11.4. The second-order valence-electron chi connectivity index (χ2n) is 3.77. The van der Waals surface area contributed by atoms with Crippen LogP contribution < -0.4 is 0 Å². The van der Waals surface area contributed by atoms with Crippen molar-refractivity contribution in [2.24, 2.45) is 5.92 Å². The summed E-state index contributed by atoms with van der Waals surface area (Å²) < 4.78 is 0. The zero-order valence-electron chi connectivity index (χ0n) is 9.44. The molecule has 0 radical (unpaired) electrons. The summed E-state index contributed by atoms with van der Waals surface area (Å²) in [7, 11) is 0. The molecule has 1 nitrogen and oxygen atoms in total. The smallest absolute Gasteiger partial charge is 0.135 e. The number of Topliss-reactive ketones (excluding diaryl/α,β-unsaturated/α-hetero) is 1. The van der Waals surface area contributed by atoms with E-state index in [-0.39, 0.29) is 0 Å². The van der Waals surface area contributed by atoms with Gasteiger partial charge in [0.25, 0.3) is 0 Å². The molecular formula is C12H24O. The summed E-state index contributed by atoms with van der Waals surface area (Å²) in [5.74, 6) is 0.806. The van der Waals surface area contributed by atoms with E-state index in [1.165, 1.54) is 25.7 Å². The van der Waals surface area contributed by atoms with Crippen LogP contribution in [0.5, 0.6) is 0 Å². The van der Waals surface area contributed by atoms with Crippen LogP contribution in [0.2, 0.25) is 0 Å². The van der Waals surface area contributed by atoms with E-state index in [0.717, 1.165) is 12.8 Å². The number of carbonyl (C=O) groups excluding carboxylic acids is 1. The molecule has 0 amide bonds. The molecule has 78 valence electrons. The average Bonchev–Trinajstić information content (AvgIpc) is 2.17. The van der Waals surface area contributed by atoms with Gasteiger partial charge in [-0.1, -0.05) is 46.5 Å². The van der Waals surface area contributed by atoms with Gasteiger partial charge in [0.05, 0.1) is 0 Å². The fourth-order valence-corrected chi connectivity index (χ4v) is 1.70. The maximum absolute atomic E-state index is 11.4. The van der Waals surface area contributed by atoms with Gasteiger partial charge in [-0.25, -0.2) is 0 Å². The van der Waals surface area contributed by atoms with Gasteiger partial charge < -0.3 is 0 Å². The van der Waals surface area contributed by atoms with Crippen molar-refractivity contribution in [2.45, 2.75) is 65.7 Å². The lowest BCUT2D eigenvalue weighted by Crippen LogP contribution is -2.12. The number of ketones is 1. The molecule has 0 aliphatic heterocycles. The minimum Gasteiger partial charge on any atom is -0.299 e. The second kappa shape index (κ2) is 8.28. The maximum Gasteiger partial charge on any atom is 0.135 e. The molecule has 0 spiro atoms. The van der Waals surface area contributed by atoms with E-state index in [0.29, 0.717) is 18.1 Å². The van der Waals surface area contributed by atoms with E-state index in [4.69, 9.17) is 0 Å². The van der Waals surface area contributed by atoms with E-state index < -0.39 is 0 Å². The monoisotopic (exact) mass is 184 g/mol. The Hall–Kier alpha value is -0.330. The highest BCUT2D eigenvalue weighted by Crippen LogP contribution is 2.16. The normalized spacial score (nSPS) is 12.8. The SMILES string of the molecule is CCCCCCC(CC)C(=O)CC. The number of rotatable bonds is 8. The molecule has 0 saturated heterocycles. The lowest BCUT2D eigenvalue weighted by atomic mass is 9.93. The molecule has 0 heterocycles. The summed E-state index contributed by atoms with van der Waals surface area (Å²) in [5.41, 5.74) is 0. The third-order valence-electron chi connectivity index (χ3n) is 2.70. The van der Waals surface area contributed by atoms with Gasteiger partial charge in [-0.2, -0.15) is 0 Å². The third kappa shape index (κ3) is 5.84.